The third-order valence-electron chi connectivity index (χ3n) is 2.90. The van der Waals surface area contributed by atoms with Gasteiger partial charge >= 0.3 is 0 Å². The number of nitrogens with one attached hydrogen (secondary N) is 2. The van der Waals surface area contributed by atoms with Gasteiger partial charge in [0.1, 0.15) is 11.4 Å². The van der Waals surface area contributed by atoms with Crippen LogP contribution in [0.25, 0.3) is 0 Å². The molecule has 0 saturated heterocycles. The second-order valence-electron chi connectivity index (χ2n) is 4.43. The standard InChI is InChI=1S/C15H17N3O2/c1-10-6-7-14(19)13(18-10)9-17-12-5-3-4-11(8-12)15(20)16-2/h3-8,17,19H,9H2,1-2H3,(H,16,20). The van der Waals surface area contributed by atoms with Gasteiger partial charge in [-0.25, -0.2) is 0 Å². The number of aromatic hydroxyl groups is 1. The molecule has 0 radical (unpaired) electrons. The molecule has 1 amide bonds. The van der Waals surface area contributed by atoms with Crippen LogP contribution in [0.3, 0.4) is 0 Å². The van der Waals surface area contributed by atoms with Gasteiger partial charge in [-0.1, -0.05) is 6.07 Å². The van der Waals surface area contributed by atoms with Crippen molar-refractivity contribution < 1.29 is 9.90 Å². The maximum atomic E-state index is 11.5. The Morgan fingerprint density at radius 1 is 1.30 bits per heavy atom. The summed E-state index contributed by atoms with van der Waals surface area (Å²) in [6.45, 7) is 2.26. The first-order valence-corrected chi connectivity index (χ1v) is 6.31. The van der Waals surface area contributed by atoms with Crippen LogP contribution < -0.4 is 10.6 Å². The number of rotatable bonds is 4. The number of anilines is 1. The SMILES string of the molecule is CNC(=O)c1cccc(NCc2nc(C)ccc2O)c1. The number of aromatic nitrogens is 1. The van der Waals surface area contributed by atoms with Crippen molar-refractivity contribution in [1.29, 1.82) is 0 Å². The van der Waals surface area contributed by atoms with Gasteiger partial charge in [0.15, 0.2) is 0 Å². The molecule has 0 spiro atoms. The minimum absolute atomic E-state index is 0.134. The largest absolute Gasteiger partial charge is 0.506 e. The van der Waals surface area contributed by atoms with Gasteiger partial charge in [-0.05, 0) is 37.3 Å². The maximum Gasteiger partial charge on any atom is 0.251 e. The number of hydrogen-bond donors (Lipinski definition) is 3. The van der Waals surface area contributed by atoms with Crippen LogP contribution in [0.4, 0.5) is 5.69 Å². The highest BCUT2D eigenvalue weighted by atomic mass is 16.3. The number of amides is 1. The third kappa shape index (κ3) is 3.26. The zero-order chi connectivity index (χ0) is 14.5. The Morgan fingerprint density at radius 3 is 2.85 bits per heavy atom. The van der Waals surface area contributed by atoms with Gasteiger partial charge in [0, 0.05) is 24.0 Å². The Labute approximate surface area is 117 Å². The Bertz CT molecular complexity index is 626. The summed E-state index contributed by atoms with van der Waals surface area (Å²) < 4.78 is 0. The van der Waals surface area contributed by atoms with Crippen molar-refractivity contribution in [2.45, 2.75) is 13.5 Å². The summed E-state index contributed by atoms with van der Waals surface area (Å²) in [5.74, 6) is 0.0238. The Kier molecular flexibility index (Phi) is 4.20. The number of carbonyl (C=O) groups is 1. The van der Waals surface area contributed by atoms with E-state index in [0.717, 1.165) is 11.4 Å². The lowest BCUT2D eigenvalue weighted by molar-refractivity contribution is 0.0963. The normalized spacial score (nSPS) is 10.1. The van der Waals surface area contributed by atoms with Gasteiger partial charge in [0.25, 0.3) is 5.91 Å². The highest BCUT2D eigenvalue weighted by molar-refractivity contribution is 5.94. The zero-order valence-corrected chi connectivity index (χ0v) is 11.5. The van der Waals surface area contributed by atoms with Crippen molar-refractivity contribution in [1.82, 2.24) is 10.3 Å². The van der Waals surface area contributed by atoms with Crippen LogP contribution in [-0.2, 0) is 6.54 Å². The highest BCUT2D eigenvalue weighted by Crippen LogP contribution is 2.17. The molecule has 1 aromatic carbocycles. The predicted octanol–water partition coefficient (Wildman–Crippen LogP) is 2.07. The molecule has 20 heavy (non-hydrogen) atoms. The average molecular weight is 271 g/mol. The van der Waals surface area contributed by atoms with E-state index in [9.17, 15) is 9.90 Å². The van der Waals surface area contributed by atoms with Crippen molar-refractivity contribution in [2.24, 2.45) is 0 Å². The number of carbonyl (C=O) groups excluding carboxylic acids is 1. The van der Waals surface area contributed by atoms with Gasteiger partial charge < -0.3 is 15.7 Å². The number of pyridine rings is 1. The van der Waals surface area contributed by atoms with Gasteiger partial charge in [-0.2, -0.15) is 0 Å². The Morgan fingerprint density at radius 2 is 2.10 bits per heavy atom. The van der Waals surface area contributed by atoms with E-state index in [1.54, 1.807) is 37.4 Å². The van der Waals surface area contributed by atoms with Crippen molar-refractivity contribution in [3.05, 3.63) is 53.3 Å². The van der Waals surface area contributed by atoms with E-state index in [1.807, 2.05) is 13.0 Å². The minimum atomic E-state index is -0.134. The smallest absolute Gasteiger partial charge is 0.251 e. The third-order valence-corrected chi connectivity index (χ3v) is 2.90. The molecule has 5 nitrogen and oxygen atoms in total. The monoisotopic (exact) mass is 271 g/mol. The summed E-state index contributed by atoms with van der Waals surface area (Å²) in [7, 11) is 1.59. The van der Waals surface area contributed by atoms with Crippen LogP contribution in [-0.4, -0.2) is 23.0 Å². The predicted molar refractivity (Wildman–Crippen MR) is 77.8 cm³/mol. The lowest BCUT2D eigenvalue weighted by Gasteiger charge is -2.09. The van der Waals surface area contributed by atoms with Crippen LogP contribution in [0.5, 0.6) is 5.75 Å². The zero-order valence-electron chi connectivity index (χ0n) is 11.5. The molecule has 0 bridgehead atoms. The molecule has 0 aliphatic rings. The average Bonchev–Trinajstić information content (AvgIpc) is 2.47. The van der Waals surface area contributed by atoms with E-state index < -0.39 is 0 Å². The molecule has 0 atom stereocenters. The molecule has 0 aliphatic heterocycles. The van der Waals surface area contributed by atoms with Gasteiger partial charge in [-0.15, -0.1) is 0 Å². The molecule has 0 fully saturated rings. The van der Waals surface area contributed by atoms with Crippen molar-refractivity contribution >= 4 is 11.6 Å². The fraction of sp³-hybridized carbons (Fsp3) is 0.200. The fourth-order valence-electron chi connectivity index (χ4n) is 1.83. The van der Waals surface area contributed by atoms with E-state index in [1.165, 1.54) is 0 Å². The Balaban J connectivity index is 2.11. The summed E-state index contributed by atoms with van der Waals surface area (Å²) in [4.78, 5) is 15.8. The highest BCUT2D eigenvalue weighted by Gasteiger charge is 2.05. The van der Waals surface area contributed by atoms with E-state index in [0.29, 0.717) is 17.8 Å². The topological polar surface area (TPSA) is 74.2 Å². The van der Waals surface area contributed by atoms with E-state index in [2.05, 4.69) is 15.6 Å². The molecular weight excluding hydrogens is 254 g/mol. The van der Waals surface area contributed by atoms with E-state index in [-0.39, 0.29) is 11.7 Å². The first-order valence-electron chi connectivity index (χ1n) is 6.31. The van der Waals surface area contributed by atoms with E-state index >= 15 is 0 Å². The lowest BCUT2D eigenvalue weighted by atomic mass is 10.2. The van der Waals surface area contributed by atoms with Gasteiger partial charge in [0.2, 0.25) is 0 Å². The molecular formula is C15H17N3O2. The first-order chi connectivity index (χ1) is 9.60. The summed E-state index contributed by atoms with van der Waals surface area (Å²) in [5, 5.41) is 15.5. The molecule has 3 N–H and O–H groups in total. The van der Waals surface area contributed by atoms with Crippen LogP contribution in [0.1, 0.15) is 21.7 Å². The molecule has 1 heterocycles. The minimum Gasteiger partial charge on any atom is -0.506 e. The molecule has 0 saturated carbocycles. The summed E-state index contributed by atoms with van der Waals surface area (Å²) in [6, 6.07) is 10.5. The molecule has 2 rings (SSSR count). The molecule has 0 aliphatic carbocycles. The quantitative estimate of drug-likeness (QED) is 0.796. The molecule has 104 valence electrons. The number of hydrogen-bond acceptors (Lipinski definition) is 4. The fourth-order valence-corrected chi connectivity index (χ4v) is 1.83. The van der Waals surface area contributed by atoms with Crippen molar-refractivity contribution in [3.63, 3.8) is 0 Å². The molecule has 0 unspecified atom stereocenters. The summed E-state index contributed by atoms with van der Waals surface area (Å²) in [6.07, 6.45) is 0. The molecule has 2 aromatic rings. The summed E-state index contributed by atoms with van der Waals surface area (Å²) >= 11 is 0. The lowest BCUT2D eigenvalue weighted by Crippen LogP contribution is -2.17. The number of benzene rings is 1. The van der Waals surface area contributed by atoms with Gasteiger partial charge in [-0.3, -0.25) is 9.78 Å². The Hall–Kier alpha value is -2.56. The van der Waals surface area contributed by atoms with Crippen molar-refractivity contribution in [3.8, 4) is 5.75 Å². The number of nitrogens with zero attached hydrogens (tertiary/aromatic N) is 1. The van der Waals surface area contributed by atoms with Crippen LogP contribution in [0.2, 0.25) is 0 Å². The van der Waals surface area contributed by atoms with Crippen LogP contribution in [0, 0.1) is 6.92 Å². The molecule has 5 heteroatoms. The van der Waals surface area contributed by atoms with E-state index in [4.69, 9.17) is 0 Å². The van der Waals surface area contributed by atoms with Crippen molar-refractivity contribution in [2.75, 3.05) is 12.4 Å². The second kappa shape index (κ2) is 6.06. The van der Waals surface area contributed by atoms with Crippen LogP contribution in [0.15, 0.2) is 36.4 Å². The first kappa shape index (κ1) is 13.9. The second-order valence-corrected chi connectivity index (χ2v) is 4.43. The molecule has 1 aromatic heterocycles. The number of aryl methyl sites for hydroxylation is 1. The summed E-state index contributed by atoms with van der Waals surface area (Å²) in [5.41, 5.74) is 2.81. The maximum absolute atomic E-state index is 11.5. The van der Waals surface area contributed by atoms with Crippen LogP contribution >= 0.6 is 0 Å². The van der Waals surface area contributed by atoms with Gasteiger partial charge in [0.05, 0.1) is 6.54 Å².